The molecule has 9 nitrogen and oxygen atoms in total. The summed E-state index contributed by atoms with van der Waals surface area (Å²) in [4.78, 5) is 41.7. The fourth-order valence-corrected chi connectivity index (χ4v) is 3.72. The highest BCUT2D eigenvalue weighted by atomic mass is 16.6. The Morgan fingerprint density at radius 1 is 1.33 bits per heavy atom. The van der Waals surface area contributed by atoms with Crippen molar-refractivity contribution in [2.45, 2.75) is 39.2 Å². The summed E-state index contributed by atoms with van der Waals surface area (Å²) < 4.78 is 5.36. The first-order valence-corrected chi connectivity index (χ1v) is 8.86. The van der Waals surface area contributed by atoms with Crippen LogP contribution >= 0.6 is 0 Å². The van der Waals surface area contributed by atoms with E-state index in [4.69, 9.17) is 4.74 Å². The van der Waals surface area contributed by atoms with Gasteiger partial charge in [0.2, 0.25) is 5.91 Å². The lowest BCUT2D eigenvalue weighted by Gasteiger charge is -2.58. The van der Waals surface area contributed by atoms with E-state index >= 15 is 0 Å². The average molecular weight is 376 g/mol. The highest BCUT2D eigenvalue weighted by molar-refractivity contribution is 5.95. The third-order valence-electron chi connectivity index (χ3n) is 5.05. The second kappa shape index (κ2) is 6.47. The molecule has 0 aromatic carbocycles. The summed E-state index contributed by atoms with van der Waals surface area (Å²) in [6, 6.07) is 2.80. The molecular formula is C18H24N4O5. The first kappa shape index (κ1) is 19.1. The van der Waals surface area contributed by atoms with Crippen LogP contribution < -0.4 is 4.90 Å². The van der Waals surface area contributed by atoms with Gasteiger partial charge in [0, 0.05) is 37.5 Å². The number of pyridine rings is 1. The van der Waals surface area contributed by atoms with Crippen LogP contribution in [0.2, 0.25) is 0 Å². The SMILES string of the molecule is CN(C(=O)C1CC2(C1)CN(C(=O)OC(C)(C)C)C2)c1ccc([N+](=O)[O-])nc1. The van der Waals surface area contributed by atoms with Crippen LogP contribution in [0.1, 0.15) is 33.6 Å². The molecule has 2 aliphatic rings. The molecule has 1 saturated heterocycles. The van der Waals surface area contributed by atoms with Crippen LogP contribution in [0.3, 0.4) is 0 Å². The molecule has 0 bridgehead atoms. The molecule has 9 heteroatoms. The zero-order chi connectivity index (χ0) is 20.0. The summed E-state index contributed by atoms with van der Waals surface area (Å²) in [5.41, 5.74) is 0.0289. The maximum absolute atomic E-state index is 12.6. The molecule has 1 aliphatic heterocycles. The Bertz CT molecular complexity index is 757. The molecule has 27 heavy (non-hydrogen) atoms. The maximum Gasteiger partial charge on any atom is 0.410 e. The van der Waals surface area contributed by atoms with Gasteiger partial charge in [0.25, 0.3) is 0 Å². The number of carbonyl (C=O) groups is 2. The van der Waals surface area contributed by atoms with Gasteiger partial charge in [-0.15, -0.1) is 0 Å². The summed E-state index contributed by atoms with van der Waals surface area (Å²) in [7, 11) is 1.64. The third kappa shape index (κ3) is 3.86. The predicted molar refractivity (Wildman–Crippen MR) is 97.3 cm³/mol. The van der Waals surface area contributed by atoms with Gasteiger partial charge < -0.3 is 24.7 Å². The van der Waals surface area contributed by atoms with E-state index in [2.05, 4.69) is 4.98 Å². The number of hydrogen-bond acceptors (Lipinski definition) is 6. The van der Waals surface area contributed by atoms with Gasteiger partial charge in [0.15, 0.2) is 6.20 Å². The van der Waals surface area contributed by atoms with Crippen LogP contribution in [0.25, 0.3) is 0 Å². The van der Waals surface area contributed by atoms with E-state index in [-0.39, 0.29) is 29.2 Å². The number of hydrogen-bond donors (Lipinski definition) is 0. The Hall–Kier alpha value is -2.71. The van der Waals surface area contributed by atoms with Gasteiger partial charge in [-0.1, -0.05) is 0 Å². The average Bonchev–Trinajstić information content (AvgIpc) is 2.49. The van der Waals surface area contributed by atoms with E-state index in [1.807, 2.05) is 20.8 Å². The molecule has 1 aliphatic carbocycles. The van der Waals surface area contributed by atoms with Gasteiger partial charge in [-0.25, -0.2) is 4.79 Å². The van der Waals surface area contributed by atoms with Crippen LogP contribution in [-0.4, -0.2) is 52.5 Å². The van der Waals surface area contributed by atoms with E-state index in [0.717, 1.165) is 12.8 Å². The normalized spacial score (nSPS) is 18.4. The van der Waals surface area contributed by atoms with Crippen molar-refractivity contribution in [2.24, 2.45) is 11.3 Å². The van der Waals surface area contributed by atoms with Crippen molar-refractivity contribution in [2.75, 3.05) is 25.0 Å². The lowest BCUT2D eigenvalue weighted by Crippen LogP contribution is -2.65. The van der Waals surface area contributed by atoms with Crippen molar-refractivity contribution in [1.29, 1.82) is 0 Å². The number of amides is 2. The number of nitrogens with zero attached hydrogens (tertiary/aromatic N) is 4. The molecule has 0 atom stereocenters. The highest BCUT2D eigenvalue weighted by Gasteiger charge is 2.56. The van der Waals surface area contributed by atoms with Crippen LogP contribution in [0, 0.1) is 21.4 Å². The molecular weight excluding hydrogens is 352 g/mol. The minimum Gasteiger partial charge on any atom is -0.444 e. The molecule has 3 rings (SSSR count). The van der Waals surface area contributed by atoms with Crippen LogP contribution in [0.4, 0.5) is 16.3 Å². The standard InChI is InChI=1S/C18H24N4O5/c1-17(2,3)27-16(24)21-10-18(11-21)7-12(8-18)15(23)20(4)13-5-6-14(19-9-13)22(25)26/h5-6,9,12H,7-8,10-11H2,1-4H3. The molecule has 1 saturated carbocycles. The molecule has 2 amide bonds. The van der Waals surface area contributed by atoms with Gasteiger partial charge >= 0.3 is 11.9 Å². The minimum absolute atomic E-state index is 0.0196. The van der Waals surface area contributed by atoms with E-state index in [9.17, 15) is 19.7 Å². The smallest absolute Gasteiger partial charge is 0.410 e. The zero-order valence-electron chi connectivity index (χ0n) is 16.0. The molecule has 2 fully saturated rings. The van der Waals surface area contributed by atoms with Crippen molar-refractivity contribution in [3.05, 3.63) is 28.4 Å². The zero-order valence-corrected chi connectivity index (χ0v) is 16.0. The van der Waals surface area contributed by atoms with E-state index in [0.29, 0.717) is 18.8 Å². The fourth-order valence-electron chi connectivity index (χ4n) is 3.72. The molecule has 1 aromatic rings. The maximum atomic E-state index is 12.6. The summed E-state index contributed by atoms with van der Waals surface area (Å²) in [6.45, 7) is 6.74. The lowest BCUT2D eigenvalue weighted by molar-refractivity contribution is -0.389. The molecule has 1 spiro atoms. The monoisotopic (exact) mass is 376 g/mol. The van der Waals surface area contributed by atoms with Crippen molar-refractivity contribution in [3.8, 4) is 0 Å². The summed E-state index contributed by atoms with van der Waals surface area (Å²) >= 11 is 0. The third-order valence-corrected chi connectivity index (χ3v) is 5.05. The van der Waals surface area contributed by atoms with Crippen LogP contribution in [0.5, 0.6) is 0 Å². The van der Waals surface area contributed by atoms with E-state index in [1.54, 1.807) is 11.9 Å². The molecule has 2 heterocycles. The Labute approximate surface area is 157 Å². The molecule has 0 N–H and O–H groups in total. The van der Waals surface area contributed by atoms with E-state index in [1.165, 1.54) is 23.2 Å². The minimum atomic E-state index is -0.575. The quantitative estimate of drug-likeness (QED) is 0.593. The summed E-state index contributed by atoms with van der Waals surface area (Å²) in [5.74, 6) is -0.392. The van der Waals surface area contributed by atoms with Crippen LogP contribution in [0.15, 0.2) is 18.3 Å². The second-order valence-electron chi connectivity index (χ2n) is 8.47. The molecule has 1 aromatic heterocycles. The lowest BCUT2D eigenvalue weighted by atomic mass is 9.57. The van der Waals surface area contributed by atoms with Gasteiger partial charge in [-0.3, -0.25) is 4.79 Å². The van der Waals surface area contributed by atoms with Crippen LogP contribution in [-0.2, 0) is 9.53 Å². The van der Waals surface area contributed by atoms with E-state index < -0.39 is 10.5 Å². The first-order chi connectivity index (χ1) is 12.5. The van der Waals surface area contributed by atoms with Crippen molar-refractivity contribution >= 4 is 23.5 Å². The number of ether oxygens (including phenoxy) is 1. The first-order valence-electron chi connectivity index (χ1n) is 8.86. The Morgan fingerprint density at radius 3 is 2.44 bits per heavy atom. The molecule has 0 radical (unpaired) electrons. The Morgan fingerprint density at radius 2 is 1.96 bits per heavy atom. The van der Waals surface area contributed by atoms with Gasteiger partial charge in [-0.05, 0) is 49.6 Å². The fraction of sp³-hybridized carbons (Fsp3) is 0.611. The predicted octanol–water partition coefficient (Wildman–Crippen LogP) is 2.60. The largest absolute Gasteiger partial charge is 0.444 e. The van der Waals surface area contributed by atoms with Crippen molar-refractivity contribution in [1.82, 2.24) is 9.88 Å². The second-order valence-corrected chi connectivity index (χ2v) is 8.47. The topological polar surface area (TPSA) is 106 Å². The number of carbonyl (C=O) groups excluding carboxylic acids is 2. The summed E-state index contributed by atoms with van der Waals surface area (Å²) in [5, 5.41) is 10.7. The number of anilines is 1. The summed E-state index contributed by atoms with van der Waals surface area (Å²) in [6.07, 6.45) is 2.49. The number of rotatable bonds is 3. The number of nitro groups is 1. The molecule has 146 valence electrons. The molecule has 0 unspecified atom stereocenters. The Kier molecular flexibility index (Phi) is 4.57. The number of aromatic nitrogens is 1. The van der Waals surface area contributed by atoms with Gasteiger partial charge in [0.05, 0.1) is 5.69 Å². The highest BCUT2D eigenvalue weighted by Crippen LogP contribution is 2.52. The Balaban J connectivity index is 1.50. The van der Waals surface area contributed by atoms with Gasteiger partial charge in [-0.2, -0.15) is 0 Å². The number of likely N-dealkylation sites (tertiary alicyclic amines) is 1. The van der Waals surface area contributed by atoms with Crippen molar-refractivity contribution < 1.29 is 19.2 Å². The van der Waals surface area contributed by atoms with Crippen molar-refractivity contribution in [3.63, 3.8) is 0 Å². The van der Waals surface area contributed by atoms with Gasteiger partial charge in [0.1, 0.15) is 5.60 Å².